The largest absolute Gasteiger partial charge is 0.378 e. The van der Waals surface area contributed by atoms with Crippen LogP contribution in [0.3, 0.4) is 0 Å². The molecule has 2 nitrogen and oxygen atoms in total. The Morgan fingerprint density at radius 1 is 1.55 bits per heavy atom. The average Bonchev–Trinajstić information content (AvgIpc) is 1.98. The van der Waals surface area contributed by atoms with Crippen LogP contribution in [0.1, 0.15) is 11.3 Å². The summed E-state index contributed by atoms with van der Waals surface area (Å²) in [7, 11) is 1.64. The van der Waals surface area contributed by atoms with Gasteiger partial charge in [-0.2, -0.15) is 0 Å². The summed E-state index contributed by atoms with van der Waals surface area (Å²) in [5, 5.41) is 0.516. The van der Waals surface area contributed by atoms with Crippen molar-refractivity contribution in [1.82, 2.24) is 4.98 Å². The maximum atomic E-state index is 5.69. The Balaban J connectivity index is 2.93. The number of nitrogens with zero attached hydrogens (tertiary/aromatic N) is 1. The van der Waals surface area contributed by atoms with Crippen LogP contribution in [0.15, 0.2) is 12.1 Å². The topological polar surface area (TPSA) is 22.1 Å². The molecular formula is C8H10ClNO. The second kappa shape index (κ2) is 3.69. The quantitative estimate of drug-likeness (QED) is 0.637. The molecule has 0 aromatic carbocycles. The van der Waals surface area contributed by atoms with E-state index >= 15 is 0 Å². The first-order valence-corrected chi connectivity index (χ1v) is 3.73. The smallest absolute Gasteiger partial charge is 0.129 e. The standard InChI is InChI=1S/C8H10ClNO/c1-6-3-4-8(9)10-7(6)5-11-2/h3-4H,5H2,1-2H3. The zero-order chi connectivity index (χ0) is 8.27. The van der Waals surface area contributed by atoms with E-state index in [1.165, 1.54) is 0 Å². The van der Waals surface area contributed by atoms with Gasteiger partial charge in [0.15, 0.2) is 0 Å². The fourth-order valence-corrected chi connectivity index (χ4v) is 0.992. The number of aryl methyl sites for hydroxylation is 1. The first-order valence-electron chi connectivity index (χ1n) is 3.35. The van der Waals surface area contributed by atoms with Crippen molar-refractivity contribution in [2.75, 3.05) is 7.11 Å². The minimum Gasteiger partial charge on any atom is -0.378 e. The van der Waals surface area contributed by atoms with Crippen LogP contribution in [0.2, 0.25) is 5.15 Å². The van der Waals surface area contributed by atoms with Crippen molar-refractivity contribution in [3.63, 3.8) is 0 Å². The molecule has 1 rings (SSSR count). The molecule has 0 atom stereocenters. The zero-order valence-electron chi connectivity index (χ0n) is 6.60. The van der Waals surface area contributed by atoms with Crippen molar-refractivity contribution in [2.24, 2.45) is 0 Å². The van der Waals surface area contributed by atoms with Crippen molar-refractivity contribution >= 4 is 11.6 Å². The lowest BCUT2D eigenvalue weighted by molar-refractivity contribution is 0.181. The van der Waals surface area contributed by atoms with Crippen LogP contribution < -0.4 is 0 Å². The number of methoxy groups -OCH3 is 1. The summed E-state index contributed by atoms with van der Waals surface area (Å²) in [5.41, 5.74) is 2.01. The molecule has 60 valence electrons. The first-order chi connectivity index (χ1) is 5.24. The van der Waals surface area contributed by atoms with Crippen molar-refractivity contribution < 1.29 is 4.74 Å². The maximum Gasteiger partial charge on any atom is 0.129 e. The zero-order valence-corrected chi connectivity index (χ0v) is 7.35. The van der Waals surface area contributed by atoms with Gasteiger partial charge in [-0.3, -0.25) is 0 Å². The summed E-state index contributed by atoms with van der Waals surface area (Å²) in [4.78, 5) is 4.10. The Bertz CT molecular complexity index is 250. The van der Waals surface area contributed by atoms with E-state index in [9.17, 15) is 0 Å². The van der Waals surface area contributed by atoms with E-state index in [-0.39, 0.29) is 0 Å². The average molecular weight is 172 g/mol. The number of rotatable bonds is 2. The molecule has 1 aromatic heterocycles. The number of halogens is 1. The third-order valence-electron chi connectivity index (χ3n) is 1.45. The highest BCUT2D eigenvalue weighted by atomic mass is 35.5. The number of hydrogen-bond acceptors (Lipinski definition) is 2. The van der Waals surface area contributed by atoms with E-state index in [1.807, 2.05) is 13.0 Å². The fraction of sp³-hybridized carbons (Fsp3) is 0.375. The van der Waals surface area contributed by atoms with E-state index in [0.29, 0.717) is 11.8 Å². The van der Waals surface area contributed by atoms with Crippen LogP contribution in [0.25, 0.3) is 0 Å². The highest BCUT2D eigenvalue weighted by Gasteiger charge is 1.99. The van der Waals surface area contributed by atoms with Gasteiger partial charge in [0.05, 0.1) is 12.3 Å². The van der Waals surface area contributed by atoms with Crippen LogP contribution in [0, 0.1) is 6.92 Å². The summed E-state index contributed by atoms with van der Waals surface area (Å²) in [6, 6.07) is 3.71. The summed E-state index contributed by atoms with van der Waals surface area (Å²) in [6.07, 6.45) is 0. The Morgan fingerprint density at radius 2 is 2.27 bits per heavy atom. The summed E-state index contributed by atoms with van der Waals surface area (Å²) in [5.74, 6) is 0. The maximum absolute atomic E-state index is 5.69. The monoisotopic (exact) mass is 171 g/mol. The predicted molar refractivity (Wildman–Crippen MR) is 44.7 cm³/mol. The summed E-state index contributed by atoms with van der Waals surface area (Å²) < 4.78 is 4.94. The molecule has 0 unspecified atom stereocenters. The highest BCUT2D eigenvalue weighted by molar-refractivity contribution is 6.29. The van der Waals surface area contributed by atoms with Gasteiger partial charge in [-0.1, -0.05) is 17.7 Å². The Kier molecular flexibility index (Phi) is 2.85. The van der Waals surface area contributed by atoms with Crippen LogP contribution in [0.4, 0.5) is 0 Å². The number of pyridine rings is 1. The van der Waals surface area contributed by atoms with Crippen molar-refractivity contribution in [1.29, 1.82) is 0 Å². The van der Waals surface area contributed by atoms with Crippen LogP contribution in [-0.4, -0.2) is 12.1 Å². The van der Waals surface area contributed by atoms with Gasteiger partial charge in [0.1, 0.15) is 5.15 Å². The number of aromatic nitrogens is 1. The van der Waals surface area contributed by atoms with Gasteiger partial charge < -0.3 is 4.74 Å². The predicted octanol–water partition coefficient (Wildman–Crippen LogP) is 2.19. The summed E-state index contributed by atoms with van der Waals surface area (Å²) >= 11 is 5.69. The molecule has 0 aliphatic heterocycles. The normalized spacial score (nSPS) is 10.1. The lowest BCUT2D eigenvalue weighted by Crippen LogP contribution is -1.95. The molecule has 0 fully saturated rings. The van der Waals surface area contributed by atoms with E-state index in [1.54, 1.807) is 13.2 Å². The van der Waals surface area contributed by atoms with Crippen LogP contribution >= 0.6 is 11.6 Å². The van der Waals surface area contributed by atoms with Gasteiger partial charge in [-0.05, 0) is 18.6 Å². The minimum absolute atomic E-state index is 0.516. The second-order valence-electron chi connectivity index (χ2n) is 2.33. The Labute approximate surface area is 71.2 Å². The molecule has 1 heterocycles. The van der Waals surface area contributed by atoms with E-state index < -0.39 is 0 Å². The lowest BCUT2D eigenvalue weighted by atomic mass is 10.2. The van der Waals surface area contributed by atoms with E-state index in [4.69, 9.17) is 16.3 Å². The lowest BCUT2D eigenvalue weighted by Gasteiger charge is -2.02. The molecule has 0 N–H and O–H groups in total. The molecule has 0 bridgehead atoms. The van der Waals surface area contributed by atoms with Gasteiger partial charge in [0.25, 0.3) is 0 Å². The molecule has 0 saturated carbocycles. The highest BCUT2D eigenvalue weighted by Crippen LogP contribution is 2.10. The van der Waals surface area contributed by atoms with Crippen molar-refractivity contribution in [3.05, 3.63) is 28.5 Å². The molecule has 0 radical (unpaired) electrons. The number of hydrogen-bond donors (Lipinski definition) is 0. The molecular weight excluding hydrogens is 162 g/mol. The molecule has 0 saturated heterocycles. The van der Waals surface area contributed by atoms with Crippen molar-refractivity contribution in [2.45, 2.75) is 13.5 Å². The van der Waals surface area contributed by atoms with Gasteiger partial charge in [-0.15, -0.1) is 0 Å². The summed E-state index contributed by atoms with van der Waals surface area (Å²) in [6.45, 7) is 2.50. The SMILES string of the molecule is COCc1nc(Cl)ccc1C. The minimum atomic E-state index is 0.516. The van der Waals surface area contributed by atoms with Crippen LogP contribution in [0.5, 0.6) is 0 Å². The molecule has 0 spiro atoms. The fourth-order valence-electron chi connectivity index (χ4n) is 0.827. The first kappa shape index (κ1) is 8.50. The Hall–Kier alpha value is -0.600. The van der Waals surface area contributed by atoms with E-state index in [2.05, 4.69) is 4.98 Å². The van der Waals surface area contributed by atoms with Gasteiger partial charge in [0.2, 0.25) is 0 Å². The van der Waals surface area contributed by atoms with Gasteiger partial charge in [0, 0.05) is 7.11 Å². The van der Waals surface area contributed by atoms with Gasteiger partial charge in [-0.25, -0.2) is 4.98 Å². The second-order valence-corrected chi connectivity index (χ2v) is 2.72. The Morgan fingerprint density at radius 3 is 2.91 bits per heavy atom. The molecule has 0 amide bonds. The molecule has 1 aromatic rings. The van der Waals surface area contributed by atoms with Gasteiger partial charge >= 0.3 is 0 Å². The third-order valence-corrected chi connectivity index (χ3v) is 1.66. The molecule has 11 heavy (non-hydrogen) atoms. The third kappa shape index (κ3) is 2.17. The number of ether oxygens (including phenoxy) is 1. The van der Waals surface area contributed by atoms with Crippen LogP contribution in [-0.2, 0) is 11.3 Å². The van der Waals surface area contributed by atoms with Crippen molar-refractivity contribution in [3.8, 4) is 0 Å². The molecule has 3 heteroatoms. The molecule has 0 aliphatic rings. The molecule has 0 aliphatic carbocycles. The van der Waals surface area contributed by atoms with E-state index in [0.717, 1.165) is 11.3 Å².